The molecular formula is C47H82N2O12. The van der Waals surface area contributed by atoms with Crippen molar-refractivity contribution in [1.29, 1.82) is 0 Å². The van der Waals surface area contributed by atoms with Crippen molar-refractivity contribution >= 4 is 11.6 Å². The van der Waals surface area contributed by atoms with Crippen LogP contribution >= 0.6 is 0 Å². The summed E-state index contributed by atoms with van der Waals surface area (Å²) < 4.78 is 36.7. The standard InChI is InChI=1S/C47H82N2O12/c1-13-33-21-36(50)22-38(52)30(6)43(61-46-42(55)39(48(9)10)40(53)31(7)59-46)34(16-17-49-23-27(3)18-28(4)24-49)20-29(5)37(51)15-14-26(2)19-35(33)25-58-47-45(57-12)44(56-11)41(54)32(8)60-47/h14-15,19,27-35,38-47,52-55H,13,16-18,20-25H2,1-12H3/b15-14+,26-19+/t27-,28+,29-,30+,31-,32-,33+,34+,35-,38-,39+,40-,41-,42-,43-,44-,45-,46+,47-/m1/s1. The number of piperidine rings is 1. The Balaban J connectivity index is 1.68. The first-order valence-corrected chi connectivity index (χ1v) is 23.0. The van der Waals surface area contributed by atoms with E-state index in [0.29, 0.717) is 31.1 Å². The van der Waals surface area contributed by atoms with E-state index in [0.717, 1.165) is 25.2 Å². The van der Waals surface area contributed by atoms with Crippen LogP contribution in [0.4, 0.5) is 0 Å². The number of allylic oxidation sites excluding steroid dienone is 3. The van der Waals surface area contributed by atoms with Crippen molar-refractivity contribution in [3.05, 3.63) is 23.8 Å². The number of carbonyl (C=O) groups is 2. The van der Waals surface area contributed by atoms with Crippen LogP contribution in [-0.4, -0.2) is 170 Å². The smallest absolute Gasteiger partial charge is 0.186 e. The van der Waals surface area contributed by atoms with Crippen LogP contribution in [-0.2, 0) is 38.0 Å². The van der Waals surface area contributed by atoms with Crippen molar-refractivity contribution < 1.29 is 58.4 Å². The van der Waals surface area contributed by atoms with E-state index in [-0.39, 0.29) is 48.8 Å². The summed E-state index contributed by atoms with van der Waals surface area (Å²) in [7, 11) is 6.61. The lowest BCUT2D eigenvalue weighted by atomic mass is 9.78. The van der Waals surface area contributed by atoms with Gasteiger partial charge in [-0.2, -0.15) is 0 Å². The summed E-state index contributed by atoms with van der Waals surface area (Å²) in [6, 6.07) is -0.664. The first-order chi connectivity index (χ1) is 28.8. The van der Waals surface area contributed by atoms with Gasteiger partial charge in [-0.25, -0.2) is 0 Å². The maximum Gasteiger partial charge on any atom is 0.186 e. The van der Waals surface area contributed by atoms with Crippen LogP contribution in [0.1, 0.15) is 93.9 Å². The highest BCUT2D eigenvalue weighted by molar-refractivity contribution is 5.91. The van der Waals surface area contributed by atoms with Crippen molar-refractivity contribution in [1.82, 2.24) is 9.80 Å². The first-order valence-electron chi connectivity index (χ1n) is 23.0. The topological polar surface area (TPSA) is 177 Å². The van der Waals surface area contributed by atoms with Gasteiger partial charge in [0.1, 0.15) is 30.2 Å². The lowest BCUT2D eigenvalue weighted by molar-refractivity contribution is -0.304. The molecule has 0 bridgehead atoms. The average Bonchev–Trinajstić information content (AvgIpc) is 3.19. The zero-order valence-corrected chi connectivity index (χ0v) is 39.2. The maximum atomic E-state index is 14.1. The second kappa shape index (κ2) is 24.0. The van der Waals surface area contributed by atoms with Crippen molar-refractivity contribution in [2.75, 3.05) is 54.6 Å². The second-order valence-corrected chi connectivity index (χ2v) is 19.4. The molecule has 3 saturated heterocycles. The minimum Gasteiger partial charge on any atom is -0.392 e. The fourth-order valence-corrected chi connectivity index (χ4v) is 10.4. The molecule has 0 aromatic carbocycles. The van der Waals surface area contributed by atoms with Gasteiger partial charge in [0.15, 0.2) is 18.4 Å². The zero-order valence-electron chi connectivity index (χ0n) is 39.2. The Bertz CT molecular complexity index is 1420. The predicted molar refractivity (Wildman–Crippen MR) is 232 cm³/mol. The molecule has 0 aromatic heterocycles. The number of aliphatic hydroxyl groups is 4. The van der Waals surface area contributed by atoms with Crippen molar-refractivity contribution in [3.8, 4) is 0 Å². The van der Waals surface area contributed by atoms with Crippen LogP contribution in [0.25, 0.3) is 0 Å². The van der Waals surface area contributed by atoms with E-state index in [1.807, 2.05) is 39.8 Å². The highest BCUT2D eigenvalue weighted by atomic mass is 16.7. The number of ketones is 2. The fraction of sp³-hybridized carbons (Fsp3) is 0.872. The van der Waals surface area contributed by atoms with E-state index in [4.69, 9.17) is 28.4 Å². The minimum atomic E-state index is -1.20. The monoisotopic (exact) mass is 867 g/mol. The Hall–Kier alpha value is -1.66. The summed E-state index contributed by atoms with van der Waals surface area (Å²) in [6.45, 7) is 18.7. The Morgan fingerprint density at radius 1 is 0.787 bits per heavy atom. The van der Waals surface area contributed by atoms with E-state index < -0.39 is 85.4 Å². The van der Waals surface area contributed by atoms with Gasteiger partial charge in [-0.3, -0.25) is 9.59 Å². The summed E-state index contributed by atoms with van der Waals surface area (Å²) in [4.78, 5) is 32.3. The number of hydrogen-bond donors (Lipinski definition) is 4. The summed E-state index contributed by atoms with van der Waals surface area (Å²) in [5.41, 5.74) is 0.841. The SMILES string of the molecule is CC[C@H]1CC(=O)C[C@@H](O)[C@H](C)[C@@H](O[C@@H]2O[C@H](C)[C@@H](O)[C@H](N(C)C)[C@H]2O)[C@@H](CCN2C[C@H](C)C[C@H](C)C2)C[C@@H](C)C(=O)/C=C/C(C)=C/[C@@H]1CO[C@@H]1O[C@H](C)[C@@H](O)[C@@H](OC)[C@H]1OC. The third-order valence-corrected chi connectivity index (χ3v) is 14.0. The predicted octanol–water partition coefficient (Wildman–Crippen LogP) is 4.01. The first kappa shape index (κ1) is 52.0. The molecule has 0 aromatic rings. The van der Waals surface area contributed by atoms with Crippen LogP contribution in [0.15, 0.2) is 23.8 Å². The summed E-state index contributed by atoms with van der Waals surface area (Å²) >= 11 is 0. The molecular weight excluding hydrogens is 785 g/mol. The molecule has 61 heavy (non-hydrogen) atoms. The molecule has 0 amide bonds. The van der Waals surface area contributed by atoms with Crippen LogP contribution in [0, 0.1) is 41.4 Å². The van der Waals surface area contributed by atoms with Gasteiger partial charge in [-0.1, -0.05) is 58.8 Å². The number of carbonyl (C=O) groups excluding carboxylic acids is 2. The molecule has 3 fully saturated rings. The van der Waals surface area contributed by atoms with Gasteiger partial charge >= 0.3 is 0 Å². The largest absolute Gasteiger partial charge is 0.392 e. The number of aliphatic hydroxyl groups excluding tert-OH is 4. The van der Waals surface area contributed by atoms with Crippen molar-refractivity contribution in [3.63, 3.8) is 0 Å². The molecule has 0 unspecified atom stereocenters. The number of ether oxygens (including phenoxy) is 6. The van der Waals surface area contributed by atoms with E-state index in [1.54, 1.807) is 38.9 Å². The van der Waals surface area contributed by atoms with E-state index >= 15 is 0 Å². The molecule has 4 aliphatic rings. The minimum absolute atomic E-state index is 0.0397. The van der Waals surface area contributed by atoms with Gasteiger partial charge in [0.2, 0.25) is 0 Å². The summed E-state index contributed by atoms with van der Waals surface area (Å²) in [5, 5.41) is 45.4. The summed E-state index contributed by atoms with van der Waals surface area (Å²) in [6.07, 6.45) is -0.906. The Morgan fingerprint density at radius 3 is 2.02 bits per heavy atom. The molecule has 14 heteroatoms. The molecule has 3 aliphatic heterocycles. The van der Waals surface area contributed by atoms with Gasteiger partial charge in [0, 0.05) is 57.9 Å². The molecule has 0 saturated carbocycles. The molecule has 4 rings (SSSR count). The lowest BCUT2D eigenvalue weighted by Gasteiger charge is -2.47. The number of methoxy groups -OCH3 is 2. The average molecular weight is 867 g/mol. The van der Waals surface area contributed by atoms with E-state index in [1.165, 1.54) is 20.6 Å². The number of likely N-dealkylation sites (N-methyl/N-ethyl adjacent to an activating group) is 1. The van der Waals surface area contributed by atoms with Crippen LogP contribution in [0.5, 0.6) is 0 Å². The Labute approximate surface area is 366 Å². The van der Waals surface area contributed by atoms with Crippen LogP contribution in [0.3, 0.4) is 0 Å². The molecule has 0 spiro atoms. The molecule has 19 atom stereocenters. The highest BCUT2D eigenvalue weighted by Gasteiger charge is 2.48. The Kier molecular flexibility index (Phi) is 20.5. The normalized spacial score (nSPS) is 44.5. The van der Waals surface area contributed by atoms with E-state index in [9.17, 15) is 30.0 Å². The van der Waals surface area contributed by atoms with Crippen molar-refractivity contribution in [2.24, 2.45) is 41.4 Å². The van der Waals surface area contributed by atoms with E-state index in [2.05, 4.69) is 18.7 Å². The number of nitrogens with zero attached hydrogens (tertiary/aromatic N) is 2. The molecule has 3 heterocycles. The molecule has 1 aliphatic carbocycles. The van der Waals surface area contributed by atoms with Gasteiger partial charge in [0.25, 0.3) is 0 Å². The molecule has 0 radical (unpaired) electrons. The highest BCUT2D eigenvalue weighted by Crippen LogP contribution is 2.36. The third-order valence-electron chi connectivity index (χ3n) is 14.0. The second-order valence-electron chi connectivity index (χ2n) is 19.4. The molecule has 14 nitrogen and oxygen atoms in total. The number of hydrogen-bond acceptors (Lipinski definition) is 14. The van der Waals surface area contributed by atoms with Crippen LogP contribution in [0.2, 0.25) is 0 Å². The number of likely N-dealkylation sites (tertiary alicyclic amines) is 1. The van der Waals surface area contributed by atoms with Crippen LogP contribution < -0.4 is 0 Å². The third kappa shape index (κ3) is 13.9. The lowest BCUT2D eigenvalue weighted by Crippen LogP contribution is -2.63. The maximum absolute atomic E-state index is 14.1. The zero-order chi connectivity index (χ0) is 45.3. The van der Waals surface area contributed by atoms with Gasteiger partial charge in [0.05, 0.1) is 43.2 Å². The number of Topliss-reactive ketones (excluding diaryl/α,β-unsaturated/α-hetero) is 1. The molecule has 352 valence electrons. The quantitative estimate of drug-likeness (QED) is 0.222. The van der Waals surface area contributed by atoms with Gasteiger partial charge in [-0.15, -0.1) is 0 Å². The Morgan fingerprint density at radius 2 is 1.41 bits per heavy atom. The van der Waals surface area contributed by atoms with Crippen molar-refractivity contribution in [2.45, 2.75) is 167 Å². The number of rotatable bonds is 12. The molecule has 4 N–H and O–H groups in total. The van der Waals surface area contributed by atoms with Gasteiger partial charge in [-0.05, 0) is 90.4 Å². The van der Waals surface area contributed by atoms with Gasteiger partial charge < -0.3 is 58.6 Å². The summed E-state index contributed by atoms with van der Waals surface area (Å²) in [5.74, 6) is -0.711. The fourth-order valence-electron chi connectivity index (χ4n) is 10.4.